The molecule has 0 amide bonds. The molecule has 9 heavy (non-hydrogen) atoms. The van der Waals surface area contributed by atoms with Crippen LogP contribution in [-0.2, 0) is 6.67 Å². The van der Waals surface area contributed by atoms with Crippen molar-refractivity contribution in [3.8, 4) is 0 Å². The summed E-state index contributed by atoms with van der Waals surface area (Å²) in [5.74, 6) is 0. The van der Waals surface area contributed by atoms with E-state index in [9.17, 15) is 4.39 Å². The largest absolute Gasteiger partial charge is 0.387 e. The first-order valence-electron chi connectivity index (χ1n) is 2.78. The molecule has 0 bridgehead atoms. The number of H-pyrrole nitrogens is 1. The summed E-state index contributed by atoms with van der Waals surface area (Å²) < 4.78 is 11.9. The summed E-state index contributed by atoms with van der Waals surface area (Å²) in [7, 11) is 1.77. The van der Waals surface area contributed by atoms with Gasteiger partial charge in [0.2, 0.25) is 0 Å². The van der Waals surface area contributed by atoms with Crippen LogP contribution in [0.2, 0.25) is 0 Å². The normalized spacial score (nSPS) is 9.56. The van der Waals surface area contributed by atoms with Crippen molar-refractivity contribution in [2.24, 2.45) is 0 Å². The molecular formula is C6H9FN2. The van der Waals surface area contributed by atoms with Crippen molar-refractivity contribution in [2.45, 2.75) is 6.67 Å². The van der Waals surface area contributed by atoms with Crippen molar-refractivity contribution in [3.05, 3.63) is 18.0 Å². The van der Waals surface area contributed by atoms with E-state index in [0.717, 1.165) is 5.69 Å². The van der Waals surface area contributed by atoms with E-state index < -0.39 is 6.67 Å². The first kappa shape index (κ1) is 6.13. The van der Waals surface area contributed by atoms with Crippen LogP contribution in [0.5, 0.6) is 0 Å². The van der Waals surface area contributed by atoms with Gasteiger partial charge in [0.1, 0.15) is 6.67 Å². The summed E-state index contributed by atoms with van der Waals surface area (Å²) >= 11 is 0. The molecule has 0 aliphatic rings. The third-order valence-corrected chi connectivity index (χ3v) is 1.24. The van der Waals surface area contributed by atoms with Crippen LogP contribution < -0.4 is 5.32 Å². The van der Waals surface area contributed by atoms with Gasteiger partial charge in [0.15, 0.2) is 0 Å². The van der Waals surface area contributed by atoms with Gasteiger partial charge in [-0.2, -0.15) is 0 Å². The lowest BCUT2D eigenvalue weighted by atomic mass is 10.3. The van der Waals surface area contributed by atoms with Crippen LogP contribution in [0.4, 0.5) is 10.1 Å². The Morgan fingerprint density at radius 1 is 1.67 bits per heavy atom. The van der Waals surface area contributed by atoms with E-state index in [2.05, 4.69) is 10.3 Å². The molecule has 0 saturated heterocycles. The molecule has 2 nitrogen and oxygen atoms in total. The van der Waals surface area contributed by atoms with Gasteiger partial charge in [-0.15, -0.1) is 0 Å². The predicted molar refractivity (Wildman–Crippen MR) is 35.2 cm³/mol. The molecule has 1 aromatic heterocycles. The first-order chi connectivity index (χ1) is 4.38. The number of nitrogens with one attached hydrogen (secondary N) is 2. The maximum absolute atomic E-state index is 11.9. The topological polar surface area (TPSA) is 27.8 Å². The highest BCUT2D eigenvalue weighted by Crippen LogP contribution is 2.13. The Hall–Kier alpha value is -0.990. The lowest BCUT2D eigenvalue weighted by molar-refractivity contribution is 0.486. The summed E-state index contributed by atoms with van der Waals surface area (Å²) in [4.78, 5) is 2.80. The van der Waals surface area contributed by atoms with Crippen molar-refractivity contribution < 1.29 is 4.39 Å². The zero-order valence-corrected chi connectivity index (χ0v) is 5.24. The molecule has 50 valence electrons. The van der Waals surface area contributed by atoms with E-state index in [1.165, 1.54) is 0 Å². The second-order valence-electron chi connectivity index (χ2n) is 1.78. The second-order valence-corrected chi connectivity index (χ2v) is 1.78. The number of hydrogen-bond acceptors (Lipinski definition) is 1. The predicted octanol–water partition coefficient (Wildman–Crippen LogP) is 1.53. The zero-order valence-electron chi connectivity index (χ0n) is 5.24. The molecule has 0 unspecified atom stereocenters. The highest BCUT2D eigenvalue weighted by Gasteiger charge is 1.97. The van der Waals surface area contributed by atoms with Gasteiger partial charge in [-0.3, -0.25) is 0 Å². The highest BCUT2D eigenvalue weighted by molar-refractivity contribution is 5.48. The number of halogens is 1. The Kier molecular flexibility index (Phi) is 1.72. The van der Waals surface area contributed by atoms with Crippen molar-refractivity contribution in [1.29, 1.82) is 0 Å². The number of aromatic amines is 1. The number of rotatable bonds is 2. The van der Waals surface area contributed by atoms with Crippen molar-refractivity contribution >= 4 is 5.69 Å². The average molecular weight is 128 g/mol. The minimum Gasteiger partial charge on any atom is -0.387 e. The maximum Gasteiger partial charge on any atom is 0.118 e. The molecule has 0 atom stereocenters. The summed E-state index contributed by atoms with van der Waals surface area (Å²) in [6, 6.07) is 0. The molecule has 1 aromatic rings. The number of aromatic nitrogens is 1. The van der Waals surface area contributed by atoms with E-state index in [0.29, 0.717) is 5.56 Å². The molecule has 0 fully saturated rings. The number of anilines is 1. The van der Waals surface area contributed by atoms with E-state index in [-0.39, 0.29) is 0 Å². The SMILES string of the molecule is CNc1c[nH]cc1CF. The van der Waals surface area contributed by atoms with Gasteiger partial charge >= 0.3 is 0 Å². The van der Waals surface area contributed by atoms with Crippen LogP contribution in [0.1, 0.15) is 5.56 Å². The van der Waals surface area contributed by atoms with Crippen LogP contribution in [0.3, 0.4) is 0 Å². The van der Waals surface area contributed by atoms with Gasteiger partial charge in [0.05, 0.1) is 5.69 Å². The molecule has 0 aliphatic carbocycles. The van der Waals surface area contributed by atoms with Crippen LogP contribution in [0, 0.1) is 0 Å². The molecule has 0 radical (unpaired) electrons. The lowest BCUT2D eigenvalue weighted by Gasteiger charge is -1.94. The first-order valence-corrected chi connectivity index (χ1v) is 2.78. The molecule has 2 N–H and O–H groups in total. The Bertz CT molecular complexity index is 164. The molecule has 0 aromatic carbocycles. The molecular weight excluding hydrogens is 119 g/mol. The highest BCUT2D eigenvalue weighted by atomic mass is 19.1. The smallest absolute Gasteiger partial charge is 0.118 e. The third kappa shape index (κ3) is 1.04. The Balaban J connectivity index is 2.85. The van der Waals surface area contributed by atoms with Gasteiger partial charge in [-0.05, 0) is 0 Å². The molecule has 1 rings (SSSR count). The maximum atomic E-state index is 11.9. The van der Waals surface area contributed by atoms with Gasteiger partial charge in [-0.1, -0.05) is 0 Å². The van der Waals surface area contributed by atoms with E-state index >= 15 is 0 Å². The molecule has 3 heteroatoms. The van der Waals surface area contributed by atoms with Crippen molar-refractivity contribution in [2.75, 3.05) is 12.4 Å². The van der Waals surface area contributed by atoms with E-state index in [4.69, 9.17) is 0 Å². The number of hydrogen-bond donors (Lipinski definition) is 2. The molecule has 1 heterocycles. The van der Waals surface area contributed by atoms with Gasteiger partial charge in [0, 0.05) is 25.0 Å². The van der Waals surface area contributed by atoms with Gasteiger partial charge in [0.25, 0.3) is 0 Å². The zero-order chi connectivity index (χ0) is 6.69. The fraction of sp³-hybridized carbons (Fsp3) is 0.333. The monoisotopic (exact) mass is 128 g/mol. The van der Waals surface area contributed by atoms with Gasteiger partial charge < -0.3 is 10.3 Å². The lowest BCUT2D eigenvalue weighted by Crippen LogP contribution is -1.88. The summed E-state index contributed by atoms with van der Waals surface area (Å²) in [5, 5.41) is 2.86. The minimum absolute atomic E-state index is 0.417. The molecule has 0 saturated carbocycles. The summed E-state index contributed by atoms with van der Waals surface area (Å²) in [5.41, 5.74) is 1.51. The van der Waals surface area contributed by atoms with Crippen LogP contribution in [-0.4, -0.2) is 12.0 Å². The number of alkyl halides is 1. The average Bonchev–Trinajstić information content (AvgIpc) is 2.33. The Labute approximate surface area is 53.1 Å². The molecule has 0 aliphatic heterocycles. The van der Waals surface area contributed by atoms with Gasteiger partial charge in [-0.25, -0.2) is 4.39 Å². The molecule has 0 spiro atoms. The summed E-state index contributed by atoms with van der Waals surface area (Å²) in [6.45, 7) is -0.417. The Morgan fingerprint density at radius 3 is 2.89 bits per heavy atom. The van der Waals surface area contributed by atoms with Crippen molar-refractivity contribution in [3.63, 3.8) is 0 Å². The van der Waals surface area contributed by atoms with E-state index in [1.54, 1.807) is 19.4 Å². The van der Waals surface area contributed by atoms with E-state index in [1.807, 2.05) is 0 Å². The van der Waals surface area contributed by atoms with Crippen LogP contribution in [0.25, 0.3) is 0 Å². The standard InChI is InChI=1S/C6H9FN2/c1-8-6-4-9-3-5(6)2-7/h3-4,8-9H,2H2,1H3. The van der Waals surface area contributed by atoms with Crippen molar-refractivity contribution in [1.82, 2.24) is 4.98 Å². The van der Waals surface area contributed by atoms with Crippen LogP contribution >= 0.6 is 0 Å². The third-order valence-electron chi connectivity index (χ3n) is 1.24. The van der Waals surface area contributed by atoms with Crippen LogP contribution in [0.15, 0.2) is 12.4 Å². The fourth-order valence-corrected chi connectivity index (χ4v) is 0.739. The Morgan fingerprint density at radius 2 is 2.44 bits per heavy atom. The quantitative estimate of drug-likeness (QED) is 0.621. The fourth-order valence-electron chi connectivity index (χ4n) is 0.739. The minimum atomic E-state index is -0.417. The second kappa shape index (κ2) is 2.53. The summed E-state index contributed by atoms with van der Waals surface area (Å²) in [6.07, 6.45) is 3.38.